The van der Waals surface area contributed by atoms with Crippen LogP contribution in [0.1, 0.15) is 47.4 Å². The second-order valence-corrected chi connectivity index (χ2v) is 9.68. The number of ether oxygens (including phenoxy) is 2. The van der Waals surface area contributed by atoms with Crippen LogP contribution in [0.4, 0.5) is 18.0 Å². The van der Waals surface area contributed by atoms with Crippen molar-refractivity contribution in [3.63, 3.8) is 0 Å². The molecule has 2 bridgehead atoms. The van der Waals surface area contributed by atoms with E-state index in [0.29, 0.717) is 12.0 Å². The lowest BCUT2D eigenvalue weighted by Crippen LogP contribution is -2.43. The maximum Gasteiger partial charge on any atom is 0.421 e. The third kappa shape index (κ3) is 4.04. The maximum atomic E-state index is 13.5. The third-order valence-electron chi connectivity index (χ3n) is 7.66. The first-order valence-corrected chi connectivity index (χ1v) is 12.3. The van der Waals surface area contributed by atoms with E-state index in [4.69, 9.17) is 9.47 Å². The van der Waals surface area contributed by atoms with Crippen LogP contribution in [-0.2, 0) is 10.9 Å². The van der Waals surface area contributed by atoms with Gasteiger partial charge in [0.05, 0.1) is 13.2 Å². The van der Waals surface area contributed by atoms with Crippen LogP contribution in [0.5, 0.6) is 5.88 Å². The molecule has 2 unspecified atom stereocenters. The zero-order chi connectivity index (χ0) is 25.7. The molecule has 8 heteroatoms. The number of fused-ring (bicyclic) bond motifs is 5. The van der Waals surface area contributed by atoms with Crippen LogP contribution in [-0.4, -0.2) is 41.8 Å². The average Bonchev–Trinajstić information content (AvgIpc) is 3.36. The van der Waals surface area contributed by atoms with E-state index in [1.807, 2.05) is 30.3 Å². The van der Waals surface area contributed by atoms with Crippen LogP contribution in [0, 0.1) is 0 Å². The van der Waals surface area contributed by atoms with Gasteiger partial charge in [-0.3, -0.25) is 4.90 Å². The molecule has 0 saturated carbocycles. The van der Waals surface area contributed by atoms with E-state index >= 15 is 0 Å². The molecule has 2 aliphatic heterocycles. The summed E-state index contributed by atoms with van der Waals surface area (Å²) in [5.41, 5.74) is 4.88. The summed E-state index contributed by atoms with van der Waals surface area (Å²) in [7, 11) is 1.17. The highest BCUT2D eigenvalue weighted by Gasteiger charge is 2.42. The number of pyridine rings is 1. The quantitative estimate of drug-likeness (QED) is 0.396. The molecule has 1 aliphatic carbocycles. The molecule has 3 aromatic rings. The van der Waals surface area contributed by atoms with Crippen molar-refractivity contribution in [2.75, 3.05) is 13.7 Å². The Labute approximate surface area is 212 Å². The number of nitrogens with zero attached hydrogens (tertiary/aromatic N) is 2. The number of halogens is 3. The predicted molar refractivity (Wildman–Crippen MR) is 132 cm³/mol. The third-order valence-corrected chi connectivity index (χ3v) is 7.66. The van der Waals surface area contributed by atoms with Crippen LogP contribution < -0.4 is 4.74 Å². The van der Waals surface area contributed by atoms with Crippen molar-refractivity contribution >= 4 is 11.7 Å². The second kappa shape index (κ2) is 8.94. The van der Waals surface area contributed by atoms with Gasteiger partial charge in [0.1, 0.15) is 12.2 Å². The van der Waals surface area contributed by atoms with E-state index in [1.54, 1.807) is 4.90 Å². The number of carbonyl (C=O) groups excluding carboxylic acids is 1. The standard InChI is InChI=1S/C29H25F3N2O3/c1-36-27-26(29(30,31)32)14-18(15-33-27)17-12-19-10-11-20(13-17)34(19)28(35)37-16-25-23-8-4-2-6-21(23)22-7-3-5-9-24(22)25/h2-9,12,14-15,19-20,25H,10-11,13,16H2,1H3. The molecule has 190 valence electrons. The maximum absolute atomic E-state index is 13.5. The minimum absolute atomic E-state index is 0.0314. The number of hydrogen-bond donors (Lipinski definition) is 0. The van der Waals surface area contributed by atoms with Gasteiger partial charge in [0.15, 0.2) is 0 Å². The molecular weight excluding hydrogens is 481 g/mol. The highest BCUT2D eigenvalue weighted by atomic mass is 19.4. The summed E-state index contributed by atoms with van der Waals surface area (Å²) in [6, 6.07) is 17.1. The first-order valence-electron chi connectivity index (χ1n) is 12.3. The molecule has 3 aliphatic rings. The van der Waals surface area contributed by atoms with Gasteiger partial charge >= 0.3 is 12.3 Å². The van der Waals surface area contributed by atoms with Crippen molar-refractivity contribution in [3.05, 3.63) is 89.1 Å². The highest BCUT2D eigenvalue weighted by Crippen LogP contribution is 2.45. The van der Waals surface area contributed by atoms with E-state index in [1.165, 1.54) is 13.3 Å². The highest BCUT2D eigenvalue weighted by molar-refractivity contribution is 5.79. The molecule has 6 rings (SSSR count). The summed E-state index contributed by atoms with van der Waals surface area (Å²) >= 11 is 0. The van der Waals surface area contributed by atoms with Gasteiger partial charge in [0.25, 0.3) is 0 Å². The van der Waals surface area contributed by atoms with Crippen LogP contribution in [0.15, 0.2) is 66.9 Å². The van der Waals surface area contributed by atoms with Gasteiger partial charge in [-0.1, -0.05) is 54.6 Å². The number of alkyl halides is 3. The van der Waals surface area contributed by atoms with Crippen molar-refractivity contribution in [1.82, 2.24) is 9.88 Å². The molecule has 37 heavy (non-hydrogen) atoms. The summed E-state index contributed by atoms with van der Waals surface area (Å²) < 4.78 is 51.2. The number of carbonyl (C=O) groups is 1. The van der Waals surface area contributed by atoms with E-state index < -0.39 is 17.6 Å². The first kappa shape index (κ1) is 23.6. The Morgan fingerprint density at radius 1 is 1.05 bits per heavy atom. The Morgan fingerprint density at radius 3 is 2.35 bits per heavy atom. The topological polar surface area (TPSA) is 51.7 Å². The zero-order valence-electron chi connectivity index (χ0n) is 20.2. The van der Waals surface area contributed by atoms with Crippen LogP contribution in [0.25, 0.3) is 16.7 Å². The van der Waals surface area contributed by atoms with Crippen LogP contribution in [0.2, 0.25) is 0 Å². The van der Waals surface area contributed by atoms with Crippen molar-refractivity contribution in [3.8, 4) is 17.0 Å². The van der Waals surface area contributed by atoms with E-state index in [-0.39, 0.29) is 30.7 Å². The molecule has 0 N–H and O–H groups in total. The molecule has 0 spiro atoms. The summed E-state index contributed by atoms with van der Waals surface area (Å²) in [5, 5.41) is 0. The Kier molecular flexibility index (Phi) is 5.70. The SMILES string of the molecule is COc1ncc(C2=CC3CCC(C2)N3C(=O)OCC2c3ccccc3-c3ccccc32)cc1C(F)(F)F. The number of methoxy groups -OCH3 is 1. The van der Waals surface area contributed by atoms with E-state index in [9.17, 15) is 18.0 Å². The van der Waals surface area contributed by atoms with Gasteiger partial charge in [-0.15, -0.1) is 0 Å². The van der Waals surface area contributed by atoms with Gasteiger partial charge in [-0.05, 0) is 58.7 Å². The Bertz CT molecular complexity index is 1360. The second-order valence-electron chi connectivity index (χ2n) is 9.68. The molecule has 1 amide bonds. The molecule has 2 aromatic carbocycles. The van der Waals surface area contributed by atoms with Gasteiger partial charge in [-0.2, -0.15) is 13.2 Å². The summed E-state index contributed by atoms with van der Waals surface area (Å²) in [5.74, 6) is -0.480. The lowest BCUT2D eigenvalue weighted by atomic mass is 9.95. The molecule has 1 aromatic heterocycles. The minimum Gasteiger partial charge on any atom is -0.481 e. The Morgan fingerprint density at radius 2 is 1.73 bits per heavy atom. The smallest absolute Gasteiger partial charge is 0.421 e. The fraction of sp³-hybridized carbons (Fsp3) is 0.310. The number of amides is 1. The Hall–Kier alpha value is -3.81. The molecular formula is C29H25F3N2O3. The summed E-state index contributed by atoms with van der Waals surface area (Å²) in [4.78, 5) is 18.9. The zero-order valence-corrected chi connectivity index (χ0v) is 20.2. The normalized spacial score (nSPS) is 20.3. The van der Waals surface area contributed by atoms with Gasteiger partial charge in [-0.25, -0.2) is 9.78 Å². The molecule has 1 saturated heterocycles. The summed E-state index contributed by atoms with van der Waals surface area (Å²) in [6.45, 7) is 0.233. The number of hydrogen-bond acceptors (Lipinski definition) is 4. The van der Waals surface area contributed by atoms with Crippen molar-refractivity contribution in [2.24, 2.45) is 0 Å². The van der Waals surface area contributed by atoms with Crippen LogP contribution >= 0.6 is 0 Å². The monoisotopic (exact) mass is 506 g/mol. The number of rotatable bonds is 4. The lowest BCUT2D eigenvalue weighted by molar-refractivity contribution is -0.139. The fourth-order valence-corrected chi connectivity index (χ4v) is 5.99. The van der Waals surface area contributed by atoms with Gasteiger partial charge in [0, 0.05) is 18.2 Å². The Balaban J connectivity index is 1.20. The first-order chi connectivity index (χ1) is 17.8. The fourth-order valence-electron chi connectivity index (χ4n) is 5.99. The van der Waals surface area contributed by atoms with Crippen molar-refractivity contribution in [2.45, 2.75) is 43.4 Å². The average molecular weight is 507 g/mol. The molecule has 1 fully saturated rings. The van der Waals surface area contributed by atoms with Gasteiger partial charge < -0.3 is 9.47 Å². The largest absolute Gasteiger partial charge is 0.481 e. The molecule has 5 nitrogen and oxygen atoms in total. The minimum atomic E-state index is -4.57. The molecule has 3 heterocycles. The number of benzene rings is 2. The van der Waals surface area contributed by atoms with E-state index in [2.05, 4.69) is 29.2 Å². The number of aromatic nitrogens is 1. The molecule has 0 radical (unpaired) electrons. The van der Waals surface area contributed by atoms with Crippen molar-refractivity contribution < 1.29 is 27.4 Å². The van der Waals surface area contributed by atoms with Crippen LogP contribution in [0.3, 0.4) is 0 Å². The van der Waals surface area contributed by atoms with Crippen molar-refractivity contribution in [1.29, 1.82) is 0 Å². The van der Waals surface area contributed by atoms with Gasteiger partial charge in [0.2, 0.25) is 5.88 Å². The van der Waals surface area contributed by atoms with E-state index in [0.717, 1.165) is 46.7 Å². The lowest BCUT2D eigenvalue weighted by Gasteiger charge is -2.33. The summed E-state index contributed by atoms with van der Waals surface area (Å²) in [6.07, 6.45) is 0.297. The molecule has 2 atom stereocenters. The predicted octanol–water partition coefficient (Wildman–Crippen LogP) is 6.68.